The molecular weight excluding hydrogens is 366 g/mol. The van der Waals surface area contributed by atoms with Crippen molar-refractivity contribution in [3.05, 3.63) is 59.4 Å². The minimum Gasteiger partial charge on any atom is -0.494 e. The topological polar surface area (TPSA) is 78.5 Å². The molecule has 0 aliphatic carbocycles. The van der Waals surface area contributed by atoms with Gasteiger partial charge >= 0.3 is 5.97 Å². The number of carboxylic acid groups (broad SMARTS) is 1. The molecule has 6 nitrogen and oxygen atoms in total. The van der Waals surface area contributed by atoms with Crippen molar-refractivity contribution in [2.24, 2.45) is 0 Å². The minimum absolute atomic E-state index is 0.264. The van der Waals surface area contributed by atoms with Gasteiger partial charge in [0.05, 0.1) is 23.2 Å². The fourth-order valence-corrected chi connectivity index (χ4v) is 3.85. The second-order valence-corrected chi connectivity index (χ2v) is 7.66. The number of carbonyl (C=O) groups is 1. The summed E-state index contributed by atoms with van der Waals surface area (Å²) in [7, 11) is 0. The molecule has 1 fully saturated rings. The molecule has 1 aromatic heterocycles. The average molecular weight is 393 g/mol. The summed E-state index contributed by atoms with van der Waals surface area (Å²) in [6.45, 7) is 3.99. The number of likely N-dealkylation sites (tertiary alicyclic amines) is 1. The molecule has 0 atom stereocenters. The maximum atomic E-state index is 11.1. The van der Waals surface area contributed by atoms with Gasteiger partial charge in [-0.2, -0.15) is 0 Å². The first-order valence-corrected chi connectivity index (χ1v) is 10.3. The highest BCUT2D eigenvalue weighted by Gasteiger charge is 2.11. The van der Waals surface area contributed by atoms with Crippen LogP contribution in [-0.2, 0) is 13.0 Å². The number of nitrogens with zero attached hydrogens (tertiary/aromatic N) is 2. The summed E-state index contributed by atoms with van der Waals surface area (Å²) in [6.07, 6.45) is 5.54. The van der Waals surface area contributed by atoms with Crippen molar-refractivity contribution in [1.29, 1.82) is 0 Å². The fourth-order valence-electron chi connectivity index (χ4n) is 3.85. The van der Waals surface area contributed by atoms with Gasteiger partial charge < -0.3 is 14.8 Å². The van der Waals surface area contributed by atoms with Gasteiger partial charge in [0, 0.05) is 13.0 Å². The van der Waals surface area contributed by atoms with Gasteiger partial charge in [-0.1, -0.05) is 18.6 Å². The quantitative estimate of drug-likeness (QED) is 0.559. The Bertz CT molecular complexity index is 976. The number of nitrogens with one attached hydrogen (secondary N) is 1. The van der Waals surface area contributed by atoms with E-state index in [9.17, 15) is 4.79 Å². The van der Waals surface area contributed by atoms with E-state index in [4.69, 9.17) is 9.84 Å². The lowest BCUT2D eigenvalue weighted by Gasteiger charge is -2.26. The van der Waals surface area contributed by atoms with Crippen molar-refractivity contribution >= 4 is 17.0 Å². The smallest absolute Gasteiger partial charge is 0.335 e. The molecule has 152 valence electrons. The zero-order valence-corrected chi connectivity index (χ0v) is 16.6. The molecule has 29 heavy (non-hydrogen) atoms. The monoisotopic (exact) mass is 393 g/mol. The van der Waals surface area contributed by atoms with Gasteiger partial charge in [-0.3, -0.25) is 4.90 Å². The van der Waals surface area contributed by atoms with Crippen LogP contribution in [0.25, 0.3) is 11.0 Å². The summed E-state index contributed by atoms with van der Waals surface area (Å²) >= 11 is 0. The van der Waals surface area contributed by atoms with Crippen LogP contribution in [0.4, 0.5) is 0 Å². The summed E-state index contributed by atoms with van der Waals surface area (Å²) in [5.74, 6) is 0.833. The molecule has 1 aliphatic rings. The van der Waals surface area contributed by atoms with E-state index in [1.165, 1.54) is 37.9 Å². The number of aromatic nitrogens is 2. The summed E-state index contributed by atoms with van der Waals surface area (Å²) in [5.41, 5.74) is 3.11. The molecule has 0 radical (unpaired) electrons. The molecule has 2 heterocycles. The number of imidazole rings is 1. The zero-order valence-electron chi connectivity index (χ0n) is 16.6. The number of benzene rings is 2. The molecule has 0 amide bonds. The van der Waals surface area contributed by atoms with Crippen LogP contribution < -0.4 is 4.74 Å². The third-order valence-corrected chi connectivity index (χ3v) is 5.36. The normalized spacial score (nSPS) is 14.9. The minimum atomic E-state index is -0.932. The van der Waals surface area contributed by atoms with E-state index in [-0.39, 0.29) is 5.56 Å². The van der Waals surface area contributed by atoms with Crippen LogP contribution in [-0.4, -0.2) is 45.6 Å². The zero-order chi connectivity index (χ0) is 20.1. The van der Waals surface area contributed by atoms with Crippen molar-refractivity contribution in [1.82, 2.24) is 14.9 Å². The molecule has 0 spiro atoms. The first-order chi connectivity index (χ1) is 14.2. The Hall–Kier alpha value is -2.86. The molecule has 1 saturated heterocycles. The molecule has 0 saturated carbocycles. The lowest BCUT2D eigenvalue weighted by atomic mass is 10.1. The van der Waals surface area contributed by atoms with Crippen molar-refractivity contribution in [2.75, 3.05) is 19.7 Å². The molecule has 0 unspecified atom stereocenters. The Balaban J connectivity index is 1.27. The van der Waals surface area contributed by atoms with E-state index < -0.39 is 5.97 Å². The fraction of sp³-hybridized carbons (Fsp3) is 0.391. The standard InChI is InChI=1S/C23H27N3O3/c27-23(28)18-9-10-20-21(15-18)25-22(24-20)8-5-13-29-19-7-4-6-17(14-19)16-26-11-2-1-3-12-26/h4,6-7,9-10,14-15H,1-3,5,8,11-13,16H2,(H,24,25)(H,27,28). The number of piperidine rings is 1. The average Bonchev–Trinajstić information content (AvgIpc) is 3.14. The van der Waals surface area contributed by atoms with Gasteiger partial charge in [0.25, 0.3) is 0 Å². The number of rotatable bonds is 8. The lowest BCUT2D eigenvalue weighted by molar-refractivity contribution is 0.0697. The van der Waals surface area contributed by atoms with Crippen molar-refractivity contribution in [3.8, 4) is 5.75 Å². The predicted molar refractivity (Wildman–Crippen MR) is 112 cm³/mol. The molecule has 0 bridgehead atoms. The number of aryl methyl sites for hydroxylation is 1. The van der Waals surface area contributed by atoms with Crippen LogP contribution in [0.5, 0.6) is 5.75 Å². The Morgan fingerprint density at radius 1 is 1.14 bits per heavy atom. The number of carboxylic acids is 1. The van der Waals surface area contributed by atoms with Crippen LogP contribution in [0.15, 0.2) is 42.5 Å². The van der Waals surface area contributed by atoms with Crippen LogP contribution in [0.3, 0.4) is 0 Å². The molecular formula is C23H27N3O3. The summed E-state index contributed by atoms with van der Waals surface area (Å²) in [5, 5.41) is 9.09. The Morgan fingerprint density at radius 3 is 2.83 bits per heavy atom. The summed E-state index contributed by atoms with van der Waals surface area (Å²) < 4.78 is 5.94. The molecule has 6 heteroatoms. The van der Waals surface area contributed by atoms with Crippen LogP contribution in [0.2, 0.25) is 0 Å². The van der Waals surface area contributed by atoms with Gasteiger partial charge in [-0.15, -0.1) is 0 Å². The van der Waals surface area contributed by atoms with E-state index in [0.29, 0.717) is 6.61 Å². The van der Waals surface area contributed by atoms with Crippen molar-refractivity contribution < 1.29 is 14.6 Å². The van der Waals surface area contributed by atoms with Gasteiger partial charge in [0.15, 0.2) is 0 Å². The first kappa shape index (κ1) is 19.5. The second kappa shape index (κ2) is 9.09. The predicted octanol–water partition coefficient (Wildman–Crippen LogP) is 4.26. The molecule has 3 aromatic rings. The number of ether oxygens (including phenoxy) is 1. The SMILES string of the molecule is O=C(O)c1ccc2nc(CCCOc3cccc(CN4CCCCC4)c3)[nH]c2c1. The van der Waals surface area contributed by atoms with E-state index >= 15 is 0 Å². The maximum absolute atomic E-state index is 11.1. The van der Waals surface area contributed by atoms with Gasteiger partial charge in [0.2, 0.25) is 0 Å². The maximum Gasteiger partial charge on any atom is 0.335 e. The van der Waals surface area contributed by atoms with Gasteiger partial charge in [-0.05, 0) is 68.2 Å². The number of hydrogen-bond acceptors (Lipinski definition) is 4. The molecule has 2 N–H and O–H groups in total. The largest absolute Gasteiger partial charge is 0.494 e. The number of fused-ring (bicyclic) bond motifs is 1. The number of aromatic amines is 1. The van der Waals surface area contributed by atoms with Crippen molar-refractivity contribution in [3.63, 3.8) is 0 Å². The van der Waals surface area contributed by atoms with E-state index in [1.54, 1.807) is 18.2 Å². The summed E-state index contributed by atoms with van der Waals surface area (Å²) in [6, 6.07) is 13.3. The third-order valence-electron chi connectivity index (χ3n) is 5.36. The number of aromatic carboxylic acids is 1. The second-order valence-electron chi connectivity index (χ2n) is 7.66. The Labute approximate surface area is 170 Å². The van der Waals surface area contributed by atoms with E-state index in [2.05, 4.69) is 33.1 Å². The highest BCUT2D eigenvalue weighted by Crippen LogP contribution is 2.18. The Morgan fingerprint density at radius 2 is 2.00 bits per heavy atom. The Kier molecular flexibility index (Phi) is 6.10. The lowest BCUT2D eigenvalue weighted by Crippen LogP contribution is -2.29. The van der Waals surface area contributed by atoms with Crippen molar-refractivity contribution in [2.45, 2.75) is 38.6 Å². The summed E-state index contributed by atoms with van der Waals surface area (Å²) in [4.78, 5) is 21.3. The van der Waals surface area contributed by atoms with E-state index in [1.807, 2.05) is 6.07 Å². The highest BCUT2D eigenvalue weighted by atomic mass is 16.5. The van der Waals surface area contributed by atoms with Crippen LogP contribution in [0, 0.1) is 0 Å². The first-order valence-electron chi connectivity index (χ1n) is 10.3. The highest BCUT2D eigenvalue weighted by molar-refractivity contribution is 5.92. The molecule has 4 rings (SSSR count). The number of H-pyrrole nitrogens is 1. The number of hydrogen-bond donors (Lipinski definition) is 2. The van der Waals surface area contributed by atoms with Crippen LogP contribution in [0.1, 0.15) is 47.4 Å². The molecule has 2 aromatic carbocycles. The van der Waals surface area contributed by atoms with Crippen LogP contribution >= 0.6 is 0 Å². The third kappa shape index (κ3) is 5.15. The van der Waals surface area contributed by atoms with Gasteiger partial charge in [0.1, 0.15) is 11.6 Å². The molecule has 1 aliphatic heterocycles. The van der Waals surface area contributed by atoms with E-state index in [0.717, 1.165) is 42.0 Å². The van der Waals surface area contributed by atoms with Gasteiger partial charge in [-0.25, -0.2) is 9.78 Å².